The molecular weight excluding hydrogens is 150 g/mol. The minimum Gasteiger partial charge on any atom is -0.303 e. The number of fused-ring (bicyclic) bond motifs is 1. The van der Waals surface area contributed by atoms with Crippen molar-refractivity contribution in [2.75, 3.05) is 13.6 Å². The van der Waals surface area contributed by atoms with E-state index >= 15 is 0 Å². The van der Waals surface area contributed by atoms with Gasteiger partial charge >= 0.3 is 0 Å². The van der Waals surface area contributed by atoms with Gasteiger partial charge in [-0.2, -0.15) is 0 Å². The van der Waals surface area contributed by atoms with Crippen molar-refractivity contribution in [1.29, 1.82) is 0 Å². The predicted octanol–water partition coefficient (Wildman–Crippen LogP) is 1.45. The molecule has 2 unspecified atom stereocenters. The molecule has 1 saturated carbocycles. The Morgan fingerprint density at radius 2 is 2.17 bits per heavy atom. The van der Waals surface area contributed by atoms with Gasteiger partial charge in [0.15, 0.2) is 0 Å². The topological polar surface area (TPSA) is 20.3 Å². The fourth-order valence-electron chi connectivity index (χ4n) is 2.64. The zero-order valence-corrected chi connectivity index (χ0v) is 7.75. The maximum Gasteiger partial charge on any atom is 0.137 e. The molecule has 0 bridgehead atoms. The van der Waals surface area contributed by atoms with Gasteiger partial charge in [-0.1, -0.05) is 6.42 Å². The number of rotatable bonds is 0. The molecule has 2 nitrogen and oxygen atoms in total. The third-order valence-electron chi connectivity index (χ3n) is 3.41. The van der Waals surface area contributed by atoms with Crippen molar-refractivity contribution in [1.82, 2.24) is 4.90 Å². The Morgan fingerprint density at radius 3 is 3.00 bits per heavy atom. The van der Waals surface area contributed by atoms with Crippen LogP contribution in [0.25, 0.3) is 0 Å². The Labute approximate surface area is 73.9 Å². The zero-order chi connectivity index (χ0) is 8.55. The molecule has 68 valence electrons. The third kappa shape index (κ3) is 1.28. The maximum atomic E-state index is 11.6. The average Bonchev–Trinajstić information content (AvgIpc) is 2.30. The summed E-state index contributed by atoms with van der Waals surface area (Å²) in [5.41, 5.74) is 0. The molecule has 0 N–H and O–H groups in total. The molecule has 0 radical (unpaired) electrons. The van der Waals surface area contributed by atoms with Crippen LogP contribution in [0.1, 0.15) is 32.1 Å². The molecule has 2 rings (SSSR count). The second-order valence-corrected chi connectivity index (χ2v) is 4.16. The minimum absolute atomic E-state index is 0.387. The van der Waals surface area contributed by atoms with E-state index < -0.39 is 0 Å². The molecule has 2 atom stereocenters. The van der Waals surface area contributed by atoms with Crippen LogP contribution >= 0.6 is 0 Å². The molecule has 0 amide bonds. The molecule has 0 aromatic carbocycles. The SMILES string of the molecule is CN1CCC2C(=O)CCCCC21. The summed E-state index contributed by atoms with van der Waals surface area (Å²) in [6, 6.07) is 0.583. The first-order valence-corrected chi connectivity index (χ1v) is 5.02. The van der Waals surface area contributed by atoms with E-state index in [1.165, 1.54) is 12.8 Å². The summed E-state index contributed by atoms with van der Waals surface area (Å²) in [6.07, 6.45) is 5.57. The zero-order valence-electron chi connectivity index (χ0n) is 7.75. The Hall–Kier alpha value is -0.370. The van der Waals surface area contributed by atoms with Crippen LogP contribution in [0.4, 0.5) is 0 Å². The summed E-state index contributed by atoms with van der Waals surface area (Å²) < 4.78 is 0. The molecule has 1 aliphatic carbocycles. The second kappa shape index (κ2) is 3.17. The highest BCUT2D eigenvalue weighted by Gasteiger charge is 2.36. The number of nitrogens with zero attached hydrogens (tertiary/aromatic N) is 1. The number of hydrogen-bond donors (Lipinski definition) is 0. The van der Waals surface area contributed by atoms with E-state index in [1.54, 1.807) is 0 Å². The quantitative estimate of drug-likeness (QED) is 0.544. The minimum atomic E-state index is 0.387. The van der Waals surface area contributed by atoms with Gasteiger partial charge in [-0.3, -0.25) is 4.79 Å². The lowest BCUT2D eigenvalue weighted by Gasteiger charge is -2.21. The Morgan fingerprint density at radius 1 is 1.33 bits per heavy atom. The predicted molar refractivity (Wildman–Crippen MR) is 48.0 cm³/mol. The summed E-state index contributed by atoms with van der Waals surface area (Å²) in [5.74, 6) is 0.916. The summed E-state index contributed by atoms with van der Waals surface area (Å²) in [6.45, 7) is 1.13. The van der Waals surface area contributed by atoms with Crippen molar-refractivity contribution < 1.29 is 4.79 Å². The molecule has 0 aromatic heterocycles. The number of carbonyl (C=O) groups is 1. The lowest BCUT2D eigenvalue weighted by Crippen LogP contribution is -2.31. The number of Topliss-reactive ketones (excluding diaryl/α,β-unsaturated/α-hetero) is 1. The van der Waals surface area contributed by atoms with Crippen molar-refractivity contribution in [2.45, 2.75) is 38.1 Å². The first-order chi connectivity index (χ1) is 5.79. The van der Waals surface area contributed by atoms with Crippen LogP contribution in [0.15, 0.2) is 0 Å². The lowest BCUT2D eigenvalue weighted by molar-refractivity contribution is -0.123. The van der Waals surface area contributed by atoms with Gasteiger partial charge in [0.25, 0.3) is 0 Å². The van der Waals surface area contributed by atoms with Gasteiger partial charge in [0.1, 0.15) is 5.78 Å². The van der Waals surface area contributed by atoms with Gasteiger partial charge in [-0.25, -0.2) is 0 Å². The first-order valence-electron chi connectivity index (χ1n) is 5.02. The van der Waals surface area contributed by atoms with Crippen molar-refractivity contribution >= 4 is 5.78 Å². The third-order valence-corrected chi connectivity index (χ3v) is 3.41. The van der Waals surface area contributed by atoms with Crippen LogP contribution < -0.4 is 0 Å². The lowest BCUT2D eigenvalue weighted by atomic mass is 9.94. The standard InChI is InChI=1S/C10H17NO/c1-11-7-6-8-9(11)4-2-3-5-10(8)12/h8-9H,2-7H2,1H3. The molecule has 2 heteroatoms. The normalized spacial score (nSPS) is 37.9. The van der Waals surface area contributed by atoms with Crippen molar-refractivity contribution in [3.63, 3.8) is 0 Å². The van der Waals surface area contributed by atoms with Gasteiger partial charge < -0.3 is 4.90 Å². The van der Waals surface area contributed by atoms with E-state index in [0.717, 1.165) is 25.8 Å². The van der Waals surface area contributed by atoms with E-state index in [2.05, 4.69) is 11.9 Å². The summed E-state index contributed by atoms with van der Waals surface area (Å²) in [4.78, 5) is 14.0. The second-order valence-electron chi connectivity index (χ2n) is 4.16. The smallest absolute Gasteiger partial charge is 0.137 e. The van der Waals surface area contributed by atoms with Crippen LogP contribution in [0.2, 0.25) is 0 Å². The van der Waals surface area contributed by atoms with Crippen LogP contribution in [0, 0.1) is 5.92 Å². The van der Waals surface area contributed by atoms with Gasteiger partial charge in [0, 0.05) is 18.4 Å². The van der Waals surface area contributed by atoms with Crippen LogP contribution in [0.5, 0.6) is 0 Å². The summed E-state index contributed by atoms with van der Waals surface area (Å²) >= 11 is 0. The number of hydrogen-bond acceptors (Lipinski definition) is 2. The molecule has 0 spiro atoms. The van der Waals surface area contributed by atoms with Gasteiger partial charge in [0.05, 0.1) is 0 Å². The Bertz CT molecular complexity index is 190. The molecule has 1 heterocycles. The average molecular weight is 167 g/mol. The number of likely N-dealkylation sites (tertiary alicyclic amines) is 1. The van der Waals surface area contributed by atoms with E-state index in [-0.39, 0.29) is 0 Å². The largest absolute Gasteiger partial charge is 0.303 e. The summed E-state index contributed by atoms with van der Waals surface area (Å²) in [5, 5.41) is 0. The highest BCUT2D eigenvalue weighted by atomic mass is 16.1. The number of ketones is 1. The van der Waals surface area contributed by atoms with E-state index in [9.17, 15) is 4.79 Å². The highest BCUT2D eigenvalue weighted by Crippen LogP contribution is 2.31. The summed E-state index contributed by atoms with van der Waals surface area (Å²) in [7, 11) is 2.16. The van der Waals surface area contributed by atoms with Gasteiger partial charge in [-0.15, -0.1) is 0 Å². The highest BCUT2D eigenvalue weighted by molar-refractivity contribution is 5.82. The molecule has 2 aliphatic rings. The fraction of sp³-hybridized carbons (Fsp3) is 0.900. The molecule has 1 saturated heterocycles. The van der Waals surface area contributed by atoms with E-state index in [1.807, 2.05) is 0 Å². The molecule has 0 aromatic rings. The van der Waals surface area contributed by atoms with E-state index in [4.69, 9.17) is 0 Å². The van der Waals surface area contributed by atoms with Crippen LogP contribution in [-0.2, 0) is 4.79 Å². The molecule has 12 heavy (non-hydrogen) atoms. The Kier molecular flexibility index (Phi) is 2.18. The van der Waals surface area contributed by atoms with Gasteiger partial charge in [0.2, 0.25) is 0 Å². The van der Waals surface area contributed by atoms with E-state index in [0.29, 0.717) is 17.7 Å². The van der Waals surface area contributed by atoms with Crippen molar-refractivity contribution in [3.05, 3.63) is 0 Å². The molecule has 1 aliphatic heterocycles. The van der Waals surface area contributed by atoms with Crippen molar-refractivity contribution in [2.24, 2.45) is 5.92 Å². The van der Waals surface area contributed by atoms with Crippen LogP contribution in [0.3, 0.4) is 0 Å². The maximum absolute atomic E-state index is 11.6. The van der Waals surface area contributed by atoms with Crippen molar-refractivity contribution in [3.8, 4) is 0 Å². The monoisotopic (exact) mass is 167 g/mol. The first kappa shape index (κ1) is 8.24. The number of carbonyl (C=O) groups excluding carboxylic acids is 1. The fourth-order valence-corrected chi connectivity index (χ4v) is 2.64. The molecular formula is C10H17NO. The Balaban J connectivity index is 2.13. The van der Waals surface area contributed by atoms with Gasteiger partial charge in [-0.05, 0) is 32.9 Å². The van der Waals surface area contributed by atoms with Crippen LogP contribution in [-0.4, -0.2) is 30.3 Å². The molecule has 2 fully saturated rings.